The summed E-state index contributed by atoms with van der Waals surface area (Å²) >= 11 is 0. The second-order valence-corrected chi connectivity index (χ2v) is 8.21. The minimum Gasteiger partial charge on any atom is -0.381 e. The monoisotopic (exact) mass is 381 g/mol. The van der Waals surface area contributed by atoms with Crippen LogP contribution in [0.5, 0.6) is 0 Å². The van der Waals surface area contributed by atoms with E-state index in [-0.39, 0.29) is 0 Å². The van der Waals surface area contributed by atoms with Crippen LogP contribution in [-0.4, -0.2) is 64.2 Å². The van der Waals surface area contributed by atoms with Crippen LogP contribution in [0.4, 0.5) is 0 Å². The normalized spacial score (nSPS) is 28.7. The number of nitrogens with zero attached hydrogens (tertiary/aromatic N) is 1. The molecule has 2 aliphatic carbocycles. The van der Waals surface area contributed by atoms with Crippen LogP contribution in [0.25, 0.3) is 0 Å². The van der Waals surface area contributed by atoms with E-state index in [2.05, 4.69) is 22.5 Å². The molecule has 2 atom stereocenters. The molecule has 2 saturated carbocycles. The Morgan fingerprint density at radius 2 is 1.93 bits per heavy atom. The van der Waals surface area contributed by atoms with Gasteiger partial charge in [-0.1, -0.05) is 19.3 Å². The van der Waals surface area contributed by atoms with Gasteiger partial charge in [-0.2, -0.15) is 0 Å². The zero-order valence-electron chi connectivity index (χ0n) is 17.3. The minimum absolute atomic E-state index is 0.318. The predicted octanol–water partition coefficient (Wildman–Crippen LogP) is 2.87. The van der Waals surface area contributed by atoms with Gasteiger partial charge in [-0.25, -0.2) is 0 Å². The molecule has 0 aromatic heterocycles. The Labute approximate surface area is 164 Å². The van der Waals surface area contributed by atoms with Crippen molar-refractivity contribution in [2.75, 3.05) is 40.0 Å². The number of hydrogen-bond donors (Lipinski definition) is 2. The third-order valence-electron chi connectivity index (χ3n) is 6.61. The molecule has 0 radical (unpaired) electrons. The van der Waals surface area contributed by atoms with E-state index in [1.807, 2.05) is 7.05 Å². The first-order chi connectivity index (χ1) is 13.3. The van der Waals surface area contributed by atoms with Gasteiger partial charge in [-0.15, -0.1) is 0 Å². The molecule has 2 N–H and O–H groups in total. The third-order valence-corrected chi connectivity index (χ3v) is 6.61. The molecule has 156 valence electrons. The number of nitrogens with one attached hydrogen (secondary N) is 2. The van der Waals surface area contributed by atoms with Crippen LogP contribution in [-0.2, 0) is 14.2 Å². The molecule has 3 aliphatic rings. The molecule has 3 fully saturated rings. The van der Waals surface area contributed by atoms with Crippen molar-refractivity contribution in [2.24, 2.45) is 10.4 Å². The SMILES string of the molecule is CCOC1CC(NC(=NC)NCCCOC2CCOCC2)C12CCCCC2. The lowest BCUT2D eigenvalue weighted by Gasteiger charge is -2.57. The second kappa shape index (κ2) is 10.6. The van der Waals surface area contributed by atoms with Crippen molar-refractivity contribution >= 4 is 5.96 Å². The molecule has 6 heteroatoms. The molecule has 27 heavy (non-hydrogen) atoms. The Hall–Kier alpha value is -0.850. The van der Waals surface area contributed by atoms with Crippen LogP contribution in [0.1, 0.15) is 64.7 Å². The van der Waals surface area contributed by atoms with Gasteiger partial charge in [0.05, 0.1) is 12.2 Å². The fraction of sp³-hybridized carbons (Fsp3) is 0.952. The van der Waals surface area contributed by atoms with Crippen LogP contribution in [0.3, 0.4) is 0 Å². The van der Waals surface area contributed by atoms with E-state index in [9.17, 15) is 0 Å². The number of rotatable bonds is 8. The van der Waals surface area contributed by atoms with Crippen molar-refractivity contribution in [2.45, 2.75) is 83.0 Å². The maximum absolute atomic E-state index is 6.06. The highest BCUT2D eigenvalue weighted by Gasteiger charge is 2.55. The summed E-state index contributed by atoms with van der Waals surface area (Å²) in [7, 11) is 1.86. The van der Waals surface area contributed by atoms with Gasteiger partial charge in [0, 0.05) is 51.5 Å². The van der Waals surface area contributed by atoms with Gasteiger partial charge < -0.3 is 24.8 Å². The van der Waals surface area contributed by atoms with E-state index in [0.29, 0.717) is 23.7 Å². The van der Waals surface area contributed by atoms with Crippen LogP contribution >= 0.6 is 0 Å². The first-order valence-electron chi connectivity index (χ1n) is 11.1. The smallest absolute Gasteiger partial charge is 0.191 e. The summed E-state index contributed by atoms with van der Waals surface area (Å²) in [4.78, 5) is 4.44. The second-order valence-electron chi connectivity index (χ2n) is 8.21. The molecular weight excluding hydrogens is 342 g/mol. The van der Waals surface area contributed by atoms with Gasteiger partial charge in [-0.3, -0.25) is 4.99 Å². The Bertz CT molecular complexity index is 460. The largest absolute Gasteiger partial charge is 0.381 e. The zero-order chi connectivity index (χ0) is 19.0. The average Bonchev–Trinajstić information content (AvgIpc) is 2.72. The van der Waals surface area contributed by atoms with E-state index in [1.165, 1.54) is 32.1 Å². The van der Waals surface area contributed by atoms with Crippen LogP contribution in [0.2, 0.25) is 0 Å². The van der Waals surface area contributed by atoms with Gasteiger partial charge in [0.15, 0.2) is 5.96 Å². The summed E-state index contributed by atoms with van der Waals surface area (Å²) in [6, 6.07) is 0.485. The lowest BCUT2D eigenvalue weighted by Crippen LogP contribution is -2.66. The van der Waals surface area contributed by atoms with Crippen LogP contribution < -0.4 is 10.6 Å². The summed E-state index contributed by atoms with van der Waals surface area (Å²) in [6.45, 7) is 6.29. The Balaban J connectivity index is 1.38. The molecule has 6 nitrogen and oxygen atoms in total. The summed E-state index contributed by atoms with van der Waals surface area (Å²) in [6.07, 6.45) is 11.6. The number of hydrogen-bond acceptors (Lipinski definition) is 4. The molecule has 0 aromatic carbocycles. The molecule has 1 aliphatic heterocycles. The van der Waals surface area contributed by atoms with Crippen molar-refractivity contribution in [3.63, 3.8) is 0 Å². The van der Waals surface area contributed by atoms with E-state index in [0.717, 1.165) is 64.6 Å². The van der Waals surface area contributed by atoms with E-state index < -0.39 is 0 Å². The lowest BCUT2D eigenvalue weighted by molar-refractivity contribution is -0.145. The number of guanidine groups is 1. The van der Waals surface area contributed by atoms with Crippen molar-refractivity contribution < 1.29 is 14.2 Å². The van der Waals surface area contributed by atoms with Crippen molar-refractivity contribution in [1.29, 1.82) is 0 Å². The topological polar surface area (TPSA) is 64.1 Å². The molecule has 2 unspecified atom stereocenters. The van der Waals surface area contributed by atoms with Crippen LogP contribution in [0, 0.1) is 5.41 Å². The Morgan fingerprint density at radius 1 is 1.15 bits per heavy atom. The average molecular weight is 382 g/mol. The van der Waals surface area contributed by atoms with Gasteiger partial charge in [0.25, 0.3) is 0 Å². The summed E-state index contributed by atoms with van der Waals surface area (Å²) in [5.41, 5.74) is 0.318. The molecular formula is C21H39N3O3. The zero-order valence-corrected chi connectivity index (χ0v) is 17.3. The van der Waals surface area contributed by atoms with Gasteiger partial charge in [0.1, 0.15) is 0 Å². The van der Waals surface area contributed by atoms with Crippen molar-refractivity contribution in [3.8, 4) is 0 Å². The number of ether oxygens (including phenoxy) is 3. The molecule has 1 heterocycles. The van der Waals surface area contributed by atoms with Crippen molar-refractivity contribution in [1.82, 2.24) is 10.6 Å². The minimum atomic E-state index is 0.318. The van der Waals surface area contributed by atoms with E-state index in [4.69, 9.17) is 14.2 Å². The summed E-state index contributed by atoms with van der Waals surface area (Å²) < 4.78 is 17.4. The highest BCUT2D eigenvalue weighted by molar-refractivity contribution is 5.80. The Kier molecular flexibility index (Phi) is 8.22. The summed E-state index contributed by atoms with van der Waals surface area (Å²) in [5, 5.41) is 7.16. The first kappa shape index (κ1) is 20.9. The first-order valence-corrected chi connectivity index (χ1v) is 11.1. The lowest BCUT2D eigenvalue weighted by atomic mass is 9.55. The maximum Gasteiger partial charge on any atom is 0.191 e. The van der Waals surface area contributed by atoms with E-state index >= 15 is 0 Å². The molecule has 1 saturated heterocycles. The fourth-order valence-electron chi connectivity index (χ4n) is 5.00. The van der Waals surface area contributed by atoms with Gasteiger partial charge in [-0.05, 0) is 45.4 Å². The highest BCUT2D eigenvalue weighted by atomic mass is 16.5. The molecule has 3 rings (SSSR count). The molecule has 1 spiro atoms. The third kappa shape index (κ3) is 5.36. The van der Waals surface area contributed by atoms with Crippen LogP contribution in [0.15, 0.2) is 4.99 Å². The fourth-order valence-corrected chi connectivity index (χ4v) is 5.00. The molecule has 0 amide bonds. The molecule has 0 aromatic rings. The summed E-state index contributed by atoms with van der Waals surface area (Å²) in [5.74, 6) is 0.922. The Morgan fingerprint density at radius 3 is 2.63 bits per heavy atom. The molecule has 0 bridgehead atoms. The standard InChI is InChI=1S/C21H39N3O3/c1-3-26-19-16-18(21(19)10-5-4-6-11-21)24-20(22-2)23-12-7-13-27-17-8-14-25-15-9-17/h17-19H,3-16H2,1-2H3,(H2,22,23,24). The van der Waals surface area contributed by atoms with Gasteiger partial charge in [0.2, 0.25) is 0 Å². The van der Waals surface area contributed by atoms with Gasteiger partial charge >= 0.3 is 0 Å². The quantitative estimate of drug-likeness (QED) is 0.385. The maximum atomic E-state index is 6.06. The number of aliphatic imine (C=N–C) groups is 1. The predicted molar refractivity (Wildman–Crippen MR) is 108 cm³/mol. The highest BCUT2D eigenvalue weighted by Crippen LogP contribution is 2.53. The van der Waals surface area contributed by atoms with Crippen molar-refractivity contribution in [3.05, 3.63) is 0 Å². The van der Waals surface area contributed by atoms with E-state index in [1.54, 1.807) is 0 Å².